The highest BCUT2D eigenvalue weighted by Gasteiger charge is 2.35. The van der Waals surface area contributed by atoms with Crippen molar-refractivity contribution in [2.24, 2.45) is 52.4 Å². The topological polar surface area (TPSA) is 294 Å². The van der Waals surface area contributed by atoms with Gasteiger partial charge in [0.2, 0.25) is 0 Å². The van der Waals surface area contributed by atoms with Gasteiger partial charge in [-0.3, -0.25) is 9.80 Å². The van der Waals surface area contributed by atoms with Crippen LogP contribution < -0.4 is 4.90 Å². The lowest BCUT2D eigenvalue weighted by atomic mass is 9.94. The van der Waals surface area contributed by atoms with Crippen molar-refractivity contribution in [2.45, 2.75) is 90.9 Å². The van der Waals surface area contributed by atoms with E-state index in [1.165, 1.54) is 90.4 Å². The Balaban J connectivity index is 0.000000117. The maximum absolute atomic E-state index is 10.7. The summed E-state index contributed by atoms with van der Waals surface area (Å²) in [4.78, 5) is 63.5. The number of quaternary nitrogens is 1. The van der Waals surface area contributed by atoms with E-state index in [9.17, 15) is 20.4 Å². The first kappa shape index (κ1) is 85.6. The maximum Gasteiger partial charge on any atom is 0.199 e. The van der Waals surface area contributed by atoms with Crippen LogP contribution in [-0.4, -0.2) is 206 Å². The number of halogens is 4. The summed E-state index contributed by atoms with van der Waals surface area (Å²) in [5.41, 5.74) is 18.1. The van der Waals surface area contributed by atoms with Gasteiger partial charge in [-0.05, 0) is 180 Å². The van der Waals surface area contributed by atoms with Gasteiger partial charge in [0.15, 0.2) is 23.5 Å². The number of hydrogen-bond acceptors (Lipinski definition) is 19. The van der Waals surface area contributed by atoms with Gasteiger partial charge in [-0.2, -0.15) is 0 Å². The Morgan fingerprint density at radius 3 is 0.984 bits per heavy atom. The molecule has 124 heavy (non-hydrogen) atoms. The number of fused-ring (bicyclic) bond motifs is 8. The Kier molecular flexibility index (Phi) is 27.4. The van der Waals surface area contributed by atoms with E-state index in [0.29, 0.717) is 100 Å². The molecule has 1 saturated carbocycles. The van der Waals surface area contributed by atoms with E-state index < -0.39 is 0 Å². The molecule has 7 aliphatic heterocycles. The number of rotatable bonds is 24. The molecule has 640 valence electrons. The van der Waals surface area contributed by atoms with Gasteiger partial charge in [-0.15, -0.1) is 0 Å². The predicted molar refractivity (Wildman–Crippen MR) is 510 cm³/mol. The van der Waals surface area contributed by atoms with E-state index >= 15 is 0 Å². The highest BCUT2D eigenvalue weighted by atomic mass is 79.9. The van der Waals surface area contributed by atoms with Crippen LogP contribution >= 0.6 is 63.7 Å². The first-order chi connectivity index (χ1) is 60.7. The normalized spacial score (nSPS) is 18.9. The zero-order chi connectivity index (χ0) is 85.2. The van der Waals surface area contributed by atoms with Crippen LogP contribution in [0.3, 0.4) is 0 Å². The Morgan fingerprint density at radius 1 is 0.363 bits per heavy atom. The van der Waals surface area contributed by atoms with E-state index in [1.807, 2.05) is 170 Å². The van der Waals surface area contributed by atoms with E-state index in [2.05, 4.69) is 133 Å². The summed E-state index contributed by atoms with van der Waals surface area (Å²) in [6.07, 6.45) is 14.8. The summed E-state index contributed by atoms with van der Waals surface area (Å²) in [6.45, 7) is 20.1. The molecule has 0 unspecified atom stereocenters. The number of piperazine rings is 1. The molecule has 0 bridgehead atoms. The molecule has 9 N–H and O–H groups in total. The molecular weight excluding hydrogens is 1820 g/mol. The van der Waals surface area contributed by atoms with E-state index in [-0.39, 0.29) is 23.5 Å². The van der Waals surface area contributed by atoms with Gasteiger partial charge in [0.1, 0.15) is 72.1 Å². The second-order valence-corrected chi connectivity index (χ2v) is 36.2. The summed E-state index contributed by atoms with van der Waals surface area (Å²) in [6, 6.07) is 54.9. The SMILES string of the molecule is CCCN1CCN(CCO/N=C2/C(c3c(O)[nH]c4ccc(Br)cc34)=Nc3ccccc32)CC1.CCC[NH+]1CCC(CCO/N=C2/C(c3c(O)[nH]c4ccc(Br)cc34)=Nc3ccccc32)CC1.Oc1[nH]c2ccc(Br)cc2c1C1=Nc2ccccc2/C1=N\OCCC1CCCC1.Oc1[nH]c2ccc(Br)cc2c1C1=Nc2ccccc2/C1=N\OCCN1CCCC1. The minimum Gasteiger partial charge on any atom is -0.494 e. The lowest BCUT2D eigenvalue weighted by Gasteiger charge is -2.34. The third-order valence-electron chi connectivity index (χ3n) is 24.3. The van der Waals surface area contributed by atoms with E-state index in [4.69, 9.17) is 39.3 Å². The van der Waals surface area contributed by atoms with Crippen LogP contribution in [0.1, 0.15) is 135 Å². The number of nitrogens with zero attached hydrogens (tertiary/aromatic N) is 11. The van der Waals surface area contributed by atoms with Gasteiger partial charge < -0.3 is 69.5 Å². The monoisotopic (exact) mass is 1920 g/mol. The summed E-state index contributed by atoms with van der Waals surface area (Å²) in [5.74, 6) is 1.80. The molecule has 0 atom stereocenters. The Morgan fingerprint density at radius 2 is 0.661 bits per heavy atom. The fourth-order valence-electron chi connectivity index (χ4n) is 18.0. The van der Waals surface area contributed by atoms with Crippen LogP contribution in [0, 0.1) is 11.8 Å². The van der Waals surface area contributed by atoms with Crippen molar-refractivity contribution in [3.63, 3.8) is 0 Å². The lowest BCUT2D eigenvalue weighted by Crippen LogP contribution is -3.13. The molecule has 28 heteroatoms. The van der Waals surface area contributed by atoms with Crippen LogP contribution in [-0.2, 0) is 19.4 Å². The van der Waals surface area contributed by atoms with Crippen LogP contribution in [0.4, 0.5) is 22.7 Å². The minimum absolute atomic E-state index is 0.0762. The van der Waals surface area contributed by atoms with Gasteiger partial charge in [0.25, 0.3) is 0 Å². The number of aromatic hydroxyl groups is 4. The molecule has 1 aliphatic carbocycles. The molecule has 0 radical (unpaired) electrons. The molecule has 8 aliphatic rings. The largest absolute Gasteiger partial charge is 0.494 e. The lowest BCUT2D eigenvalue weighted by molar-refractivity contribution is -0.906. The summed E-state index contributed by atoms with van der Waals surface area (Å²) < 4.78 is 3.74. The number of aliphatic imine (C=N–C) groups is 4. The quantitative estimate of drug-likeness (QED) is 0.0202. The first-order valence-corrected chi connectivity index (χ1v) is 46.4. The summed E-state index contributed by atoms with van der Waals surface area (Å²) >= 11 is 14.1. The average molecular weight is 1930 g/mol. The molecule has 20 rings (SSSR count). The molecule has 24 nitrogen and oxygen atoms in total. The average Bonchev–Trinajstić information content (AvgIpc) is 1.62. The molecule has 0 spiro atoms. The Bertz CT molecular complexity index is 5780. The van der Waals surface area contributed by atoms with Crippen LogP contribution in [0.5, 0.6) is 23.5 Å². The summed E-state index contributed by atoms with van der Waals surface area (Å²) in [5, 5.41) is 64.3. The second kappa shape index (κ2) is 39.7. The number of piperidine rings is 1. The van der Waals surface area contributed by atoms with Crippen LogP contribution in [0.15, 0.2) is 228 Å². The second-order valence-electron chi connectivity index (χ2n) is 32.6. The van der Waals surface area contributed by atoms with Crippen molar-refractivity contribution in [2.75, 3.05) is 105 Å². The van der Waals surface area contributed by atoms with Gasteiger partial charge in [-0.25, -0.2) is 20.0 Å². The number of para-hydroxylation sites is 4. The predicted octanol–water partition coefficient (Wildman–Crippen LogP) is 19.8. The van der Waals surface area contributed by atoms with Gasteiger partial charge in [0.05, 0.1) is 64.6 Å². The van der Waals surface area contributed by atoms with Crippen LogP contribution in [0.2, 0.25) is 0 Å². The highest BCUT2D eigenvalue weighted by molar-refractivity contribution is 9.11. The Hall–Kier alpha value is -10.6. The van der Waals surface area contributed by atoms with Crippen molar-refractivity contribution < 1.29 is 44.7 Å². The number of oxime groups is 4. The Labute approximate surface area is 753 Å². The molecule has 3 saturated heterocycles. The number of aromatic amines is 4. The third kappa shape index (κ3) is 19.3. The fourth-order valence-corrected chi connectivity index (χ4v) is 19.4. The number of benzene rings is 8. The zero-order valence-corrected chi connectivity index (χ0v) is 75.8. The smallest absolute Gasteiger partial charge is 0.199 e. The standard InChI is InChI=1S/C26H29BrN4O2.C25H28BrN5O2.C23H22BrN3O2.C22H21BrN4O2/c1-2-12-31-13-9-17(10-14-31)11-15-33-30-24-19-5-3-4-6-21(19)28-25(24)23-20-16-18(27)7-8-22(20)29-26(23)32;1-2-9-30-10-12-31(13-11-30)14-15-33-29-23-18-5-3-4-6-20(18)27-24(23)22-19-16-17(26)7-8-21(19)28-25(22)32;24-15-9-10-19-17(13-15)20(23(28)26-19)22-21(16-7-3-4-8-18(16)25-22)27-29-12-11-14-5-1-2-6-14;23-14-7-8-18-16(13-14)19(22(28)25-18)21-20(15-5-1-2-6-17(15)24-21)26-29-12-11-27-9-3-4-10-27/h3-8,16-17,29,32H,2,9-15H2,1H3;3-8,16,28,32H,2,9-15H2,1H3;3-4,7-10,13-14,26,28H,1-2,5-6,11-12H2;1-2,5-8,13,25,28H,3-4,9-12H2/p+1/b30-24+;29-23+;27-21+;26-20+. The molecule has 12 aromatic rings. The third-order valence-corrected chi connectivity index (χ3v) is 26.3. The van der Waals surface area contributed by atoms with E-state index in [1.54, 1.807) is 4.90 Å². The van der Waals surface area contributed by atoms with Crippen molar-refractivity contribution in [1.29, 1.82) is 0 Å². The number of H-pyrrole nitrogens is 4. The van der Waals surface area contributed by atoms with Gasteiger partial charge in [0, 0.05) is 123 Å². The summed E-state index contributed by atoms with van der Waals surface area (Å²) in [7, 11) is 0. The fraction of sp³-hybridized carbons (Fsp3) is 0.333. The van der Waals surface area contributed by atoms with Gasteiger partial charge in [-0.1, -0.05) is 197 Å². The number of likely N-dealkylation sites (tertiary alicyclic amines) is 2. The van der Waals surface area contributed by atoms with Crippen molar-refractivity contribution in [3.8, 4) is 23.5 Å². The molecular formula is C96H101Br4N16O8+. The van der Waals surface area contributed by atoms with Crippen molar-refractivity contribution in [1.82, 2.24) is 34.6 Å². The van der Waals surface area contributed by atoms with Gasteiger partial charge >= 0.3 is 0 Å². The number of nitrogens with one attached hydrogen (secondary N) is 5. The maximum atomic E-state index is 10.7. The number of aromatic nitrogens is 4. The zero-order valence-electron chi connectivity index (χ0n) is 69.5. The van der Waals surface area contributed by atoms with E-state index in [0.717, 1.165) is 178 Å². The van der Waals surface area contributed by atoms with Crippen molar-refractivity contribution in [3.05, 3.63) is 232 Å². The molecule has 0 amide bonds. The minimum atomic E-state index is 0.0762. The highest BCUT2D eigenvalue weighted by Crippen LogP contribution is 2.43. The molecule has 11 heterocycles. The molecule has 4 aromatic heterocycles. The van der Waals surface area contributed by atoms with Crippen molar-refractivity contribution >= 4 is 176 Å². The number of hydrogen-bond donors (Lipinski definition) is 9. The van der Waals surface area contributed by atoms with Crippen LogP contribution in [0.25, 0.3) is 43.6 Å². The first-order valence-electron chi connectivity index (χ1n) is 43.3. The molecule has 8 aromatic carbocycles. The molecule has 4 fully saturated rings.